The van der Waals surface area contributed by atoms with E-state index in [0.29, 0.717) is 23.9 Å². The van der Waals surface area contributed by atoms with E-state index in [1.165, 1.54) is 122 Å². The van der Waals surface area contributed by atoms with Crippen molar-refractivity contribution in [3.05, 3.63) is 134 Å². The lowest BCUT2D eigenvalue weighted by molar-refractivity contribution is -0.870. The van der Waals surface area contributed by atoms with Gasteiger partial charge in [-0.05, 0) is 96.0 Å². The second kappa shape index (κ2) is 60.3. The Balaban J connectivity index is 5.18. The smallest absolute Gasteiger partial charge is 0.306 e. The summed E-state index contributed by atoms with van der Waals surface area (Å²) < 4.78 is 30.3. The average molecular weight is 1160 g/mol. The second-order valence-electron chi connectivity index (χ2n) is 23.0. The summed E-state index contributed by atoms with van der Waals surface area (Å²) in [6.45, 7) is 6.63. The zero-order chi connectivity index (χ0) is 60.0. The summed E-state index contributed by atoms with van der Waals surface area (Å²) >= 11 is 0. The molecule has 0 aromatic rings. The highest BCUT2D eigenvalue weighted by molar-refractivity contribution is 7.45. The zero-order valence-electron chi connectivity index (χ0n) is 53.4. The molecule has 0 aromatic heterocycles. The molecule has 468 valence electrons. The van der Waals surface area contributed by atoms with Crippen molar-refractivity contribution in [3.63, 3.8) is 0 Å². The summed E-state index contributed by atoms with van der Waals surface area (Å²) in [6.07, 6.45) is 85.7. The van der Waals surface area contributed by atoms with Gasteiger partial charge in [0.25, 0.3) is 7.82 Å². The Morgan fingerprint density at radius 3 is 1.32 bits per heavy atom. The number of nitrogens with zero attached hydrogens (tertiary/aromatic N) is 1. The van der Waals surface area contributed by atoms with Gasteiger partial charge in [0, 0.05) is 12.8 Å². The van der Waals surface area contributed by atoms with Crippen molar-refractivity contribution in [2.24, 2.45) is 0 Å². The molecule has 0 spiro atoms. The summed E-state index contributed by atoms with van der Waals surface area (Å²) in [5.41, 5.74) is 0. The molecular formula is C72H123N2O7P. The molecule has 0 aromatic carbocycles. The Bertz CT molecular complexity index is 1860. The molecule has 0 rings (SSSR count). The van der Waals surface area contributed by atoms with Crippen LogP contribution in [0.3, 0.4) is 0 Å². The Morgan fingerprint density at radius 1 is 0.451 bits per heavy atom. The molecule has 0 aliphatic heterocycles. The minimum atomic E-state index is -4.72. The second-order valence-corrected chi connectivity index (χ2v) is 24.4. The number of quaternary nitrogens is 1. The molecular weight excluding hydrogens is 1040 g/mol. The topological polar surface area (TPSA) is 114 Å². The summed E-state index contributed by atoms with van der Waals surface area (Å²) in [6, 6.07) is -0.919. The van der Waals surface area contributed by atoms with E-state index in [2.05, 4.69) is 86.8 Å². The third kappa shape index (κ3) is 60.7. The third-order valence-corrected chi connectivity index (χ3v) is 14.9. The Hall–Kier alpha value is -3.85. The molecule has 1 amide bonds. The number of ether oxygens (including phenoxy) is 1. The number of phosphoric ester groups is 1. The summed E-state index contributed by atoms with van der Waals surface area (Å²) in [5.74, 6) is -0.603. The molecule has 0 radical (unpaired) electrons. The van der Waals surface area contributed by atoms with Crippen LogP contribution in [0.15, 0.2) is 134 Å². The zero-order valence-corrected chi connectivity index (χ0v) is 54.3. The van der Waals surface area contributed by atoms with Crippen LogP contribution in [0.4, 0.5) is 0 Å². The van der Waals surface area contributed by atoms with Crippen molar-refractivity contribution >= 4 is 19.7 Å². The van der Waals surface area contributed by atoms with E-state index in [4.69, 9.17) is 13.8 Å². The van der Waals surface area contributed by atoms with Gasteiger partial charge in [-0.1, -0.05) is 283 Å². The maximum atomic E-state index is 13.6. The first-order valence-electron chi connectivity index (χ1n) is 33.1. The fourth-order valence-electron chi connectivity index (χ4n) is 8.89. The number of unbranched alkanes of at least 4 members (excludes halogenated alkanes) is 27. The largest absolute Gasteiger partial charge is 0.756 e. The van der Waals surface area contributed by atoms with Crippen molar-refractivity contribution in [1.82, 2.24) is 5.32 Å². The minimum Gasteiger partial charge on any atom is -0.756 e. The van der Waals surface area contributed by atoms with Crippen molar-refractivity contribution < 1.29 is 37.3 Å². The van der Waals surface area contributed by atoms with Crippen LogP contribution in [-0.4, -0.2) is 69.4 Å². The number of nitrogens with one attached hydrogen (secondary N) is 1. The minimum absolute atomic E-state index is 0.0378. The van der Waals surface area contributed by atoms with Crippen molar-refractivity contribution in [3.8, 4) is 0 Å². The standard InChI is InChI=1S/C72H123N2O7P/c1-7-10-13-16-19-22-25-28-30-32-33-34-35-36-37-38-39-40-41-43-44-46-49-52-55-58-61-64-71(75)73-69(68-80-82(77,78)79-67-66-74(4,5)6)70(63-60-57-54-51-48-27-24-21-18-15-12-9-3)81-72(76)65-62-59-56-53-50-47-45-42-31-29-26-23-20-17-14-11-8-2/h11,14,17,19-20,22-23,26,28-31,33-34,36-37,42,45,47,50,60,63,69-70H,7-10,12-13,15-16,18,21,24-25,27,32,35,38-41,43-44,46,48-49,51-59,61-62,64-68H2,1-6H3,(H-,73,75,77,78)/b14-11-,20-17+,22-19-,26-23+,30-28-,31-29-,34-33-,37-36-,45-42+,50-47+,63-60-. The number of carbonyl (C=O) groups excluding carboxylic acids is 2. The molecule has 1 N–H and O–H groups in total. The van der Waals surface area contributed by atoms with Crippen LogP contribution in [0.25, 0.3) is 0 Å². The highest BCUT2D eigenvalue weighted by Crippen LogP contribution is 2.38. The van der Waals surface area contributed by atoms with E-state index >= 15 is 0 Å². The van der Waals surface area contributed by atoms with Crippen LogP contribution >= 0.6 is 7.82 Å². The van der Waals surface area contributed by atoms with Gasteiger partial charge in [-0.25, -0.2) is 0 Å². The molecule has 0 saturated carbocycles. The first kappa shape index (κ1) is 78.1. The van der Waals surface area contributed by atoms with Gasteiger partial charge in [0.1, 0.15) is 19.3 Å². The van der Waals surface area contributed by atoms with E-state index in [1.807, 2.05) is 94.1 Å². The molecule has 82 heavy (non-hydrogen) atoms. The Kier molecular flexibility index (Phi) is 57.4. The molecule has 0 saturated heterocycles. The number of esters is 1. The fourth-order valence-corrected chi connectivity index (χ4v) is 9.61. The van der Waals surface area contributed by atoms with Gasteiger partial charge in [-0.2, -0.15) is 0 Å². The van der Waals surface area contributed by atoms with Gasteiger partial charge in [0.2, 0.25) is 5.91 Å². The SMILES string of the molecule is CC\C=C/C=C/C=C/C=C\C=C\C=C\CCCCCC(=O)OC(/C=C\CCCCCCCCCCCC)C(COP(=O)([O-])OCC[N+](C)(C)C)NC(=O)CCCCCCCCCCCCC/C=C\C/C=C\C/C=C\C/C=C\CCCCC. The van der Waals surface area contributed by atoms with Crippen LogP contribution in [0.5, 0.6) is 0 Å². The number of carbonyl (C=O) groups is 2. The van der Waals surface area contributed by atoms with Gasteiger partial charge in [-0.15, -0.1) is 0 Å². The molecule has 10 heteroatoms. The third-order valence-electron chi connectivity index (χ3n) is 14.0. The molecule has 0 aliphatic rings. The van der Waals surface area contributed by atoms with Gasteiger partial charge in [-0.3, -0.25) is 14.2 Å². The molecule has 3 atom stereocenters. The molecule has 0 bridgehead atoms. The predicted molar refractivity (Wildman–Crippen MR) is 353 cm³/mol. The van der Waals surface area contributed by atoms with Crippen LogP contribution in [0.1, 0.15) is 258 Å². The lowest BCUT2D eigenvalue weighted by atomic mass is 10.0. The number of phosphoric acid groups is 1. The Labute approximate surface area is 505 Å². The van der Waals surface area contributed by atoms with Gasteiger partial charge >= 0.3 is 5.97 Å². The van der Waals surface area contributed by atoms with Crippen LogP contribution in [-0.2, 0) is 27.9 Å². The number of allylic oxidation sites excluding steroid dienone is 21. The normalized spacial score (nSPS) is 14.5. The fraction of sp³-hybridized carbons (Fsp3) is 0.667. The van der Waals surface area contributed by atoms with Crippen LogP contribution < -0.4 is 10.2 Å². The lowest BCUT2D eigenvalue weighted by Crippen LogP contribution is -2.47. The molecule has 0 fully saturated rings. The summed E-state index contributed by atoms with van der Waals surface area (Å²) in [5, 5.41) is 3.02. The first-order valence-corrected chi connectivity index (χ1v) is 34.5. The van der Waals surface area contributed by atoms with Gasteiger partial charge in [0.15, 0.2) is 0 Å². The maximum absolute atomic E-state index is 13.6. The maximum Gasteiger partial charge on any atom is 0.306 e. The number of amides is 1. The monoisotopic (exact) mass is 1160 g/mol. The quantitative estimate of drug-likeness (QED) is 0.0161. The van der Waals surface area contributed by atoms with Crippen molar-refractivity contribution in [2.45, 2.75) is 270 Å². The number of hydrogen-bond donors (Lipinski definition) is 1. The van der Waals surface area contributed by atoms with E-state index in [1.54, 1.807) is 0 Å². The lowest BCUT2D eigenvalue weighted by Gasteiger charge is -2.30. The van der Waals surface area contributed by atoms with Crippen molar-refractivity contribution in [1.29, 1.82) is 0 Å². The first-order chi connectivity index (χ1) is 39.9. The van der Waals surface area contributed by atoms with Gasteiger partial charge < -0.3 is 28.5 Å². The van der Waals surface area contributed by atoms with Gasteiger partial charge in [0.05, 0.1) is 33.8 Å². The predicted octanol–water partition coefficient (Wildman–Crippen LogP) is 20.2. The number of likely N-dealkylation sites (N-methyl/N-ethyl adjacent to an activating group) is 1. The van der Waals surface area contributed by atoms with E-state index in [0.717, 1.165) is 96.3 Å². The Morgan fingerprint density at radius 2 is 0.829 bits per heavy atom. The highest BCUT2D eigenvalue weighted by atomic mass is 31.2. The summed E-state index contributed by atoms with van der Waals surface area (Å²) in [7, 11) is 1.14. The van der Waals surface area contributed by atoms with Crippen molar-refractivity contribution in [2.75, 3.05) is 40.9 Å². The highest BCUT2D eigenvalue weighted by Gasteiger charge is 2.27. The average Bonchev–Trinajstić information content (AvgIpc) is 3.44. The summed E-state index contributed by atoms with van der Waals surface area (Å²) in [4.78, 5) is 40.1. The molecule has 9 nitrogen and oxygen atoms in total. The number of rotatable bonds is 58. The van der Waals surface area contributed by atoms with E-state index in [9.17, 15) is 19.0 Å². The molecule has 3 unspecified atom stereocenters. The van der Waals surface area contributed by atoms with Crippen LogP contribution in [0.2, 0.25) is 0 Å². The molecule has 0 heterocycles. The number of hydrogen-bond acceptors (Lipinski definition) is 7. The van der Waals surface area contributed by atoms with Crippen LogP contribution in [0, 0.1) is 0 Å². The van der Waals surface area contributed by atoms with E-state index in [-0.39, 0.29) is 24.9 Å². The van der Waals surface area contributed by atoms with E-state index < -0.39 is 26.6 Å². The molecule has 0 aliphatic carbocycles.